The first-order chi connectivity index (χ1) is 15.3. The lowest BCUT2D eigenvalue weighted by Crippen LogP contribution is -2.26. The number of furan rings is 1. The molecule has 1 aromatic heterocycles. The molecule has 1 atom stereocenters. The third kappa shape index (κ3) is 5.30. The Balaban J connectivity index is 1.66. The fourth-order valence-electron chi connectivity index (χ4n) is 2.97. The van der Waals surface area contributed by atoms with Crippen LogP contribution in [-0.2, 0) is 6.61 Å². The highest BCUT2D eigenvalue weighted by Crippen LogP contribution is 2.31. The molecule has 9 nitrogen and oxygen atoms in total. The number of nitro groups is 1. The van der Waals surface area contributed by atoms with Crippen LogP contribution in [0.1, 0.15) is 34.8 Å². The monoisotopic (exact) mass is 460 g/mol. The maximum absolute atomic E-state index is 12.6. The highest BCUT2D eigenvalue weighted by molar-refractivity contribution is 6.32. The van der Waals surface area contributed by atoms with E-state index in [0.29, 0.717) is 17.3 Å². The number of amides is 1. The number of hydrogen-bond acceptors (Lipinski definition) is 7. The second kappa shape index (κ2) is 10.1. The van der Waals surface area contributed by atoms with Crippen LogP contribution in [0.5, 0.6) is 17.2 Å². The van der Waals surface area contributed by atoms with E-state index in [1.165, 1.54) is 24.3 Å². The first-order valence-corrected chi connectivity index (χ1v) is 9.88. The molecule has 0 fully saturated rings. The second-order valence-electron chi connectivity index (χ2n) is 6.73. The van der Waals surface area contributed by atoms with Gasteiger partial charge in [0.05, 0.1) is 36.3 Å². The Morgan fingerprint density at radius 1 is 1.12 bits per heavy atom. The van der Waals surface area contributed by atoms with Crippen molar-refractivity contribution in [3.8, 4) is 17.2 Å². The molecule has 0 bridgehead atoms. The summed E-state index contributed by atoms with van der Waals surface area (Å²) in [6.45, 7) is 1.75. The highest BCUT2D eigenvalue weighted by Gasteiger charge is 2.19. The van der Waals surface area contributed by atoms with Gasteiger partial charge >= 0.3 is 0 Å². The fourth-order valence-corrected chi connectivity index (χ4v) is 3.14. The number of halogens is 1. The van der Waals surface area contributed by atoms with E-state index in [2.05, 4.69) is 5.32 Å². The topological polar surface area (TPSA) is 113 Å². The molecule has 0 radical (unpaired) electrons. The molecule has 168 valence electrons. The third-order valence-electron chi connectivity index (χ3n) is 4.63. The van der Waals surface area contributed by atoms with E-state index in [0.717, 1.165) is 5.56 Å². The number of nitrogens with one attached hydrogen (secondary N) is 1. The number of ether oxygens (including phenoxy) is 3. The molecule has 3 aromatic rings. The molecule has 32 heavy (non-hydrogen) atoms. The summed E-state index contributed by atoms with van der Waals surface area (Å²) in [5.74, 6) is 1.40. The Bertz CT molecular complexity index is 1130. The molecule has 2 aromatic carbocycles. The number of carbonyl (C=O) groups is 1. The van der Waals surface area contributed by atoms with Gasteiger partial charge in [0, 0.05) is 11.6 Å². The van der Waals surface area contributed by atoms with Gasteiger partial charge in [-0.05, 0) is 43.3 Å². The summed E-state index contributed by atoms with van der Waals surface area (Å²) in [6.07, 6.45) is 0. The third-order valence-corrected chi connectivity index (χ3v) is 4.94. The van der Waals surface area contributed by atoms with Gasteiger partial charge in [0.15, 0.2) is 5.76 Å². The van der Waals surface area contributed by atoms with Crippen LogP contribution in [0.25, 0.3) is 0 Å². The quantitative estimate of drug-likeness (QED) is 0.356. The summed E-state index contributed by atoms with van der Waals surface area (Å²) in [4.78, 5) is 23.0. The Morgan fingerprint density at radius 3 is 2.59 bits per heavy atom. The van der Waals surface area contributed by atoms with Crippen LogP contribution in [0.2, 0.25) is 5.02 Å². The highest BCUT2D eigenvalue weighted by atomic mass is 35.5. The van der Waals surface area contributed by atoms with Gasteiger partial charge in [-0.2, -0.15) is 0 Å². The van der Waals surface area contributed by atoms with Crippen LogP contribution < -0.4 is 19.5 Å². The van der Waals surface area contributed by atoms with E-state index in [9.17, 15) is 14.9 Å². The molecule has 1 amide bonds. The Morgan fingerprint density at radius 2 is 1.91 bits per heavy atom. The first-order valence-electron chi connectivity index (χ1n) is 9.50. The normalized spacial score (nSPS) is 11.5. The maximum atomic E-state index is 12.6. The zero-order valence-electron chi connectivity index (χ0n) is 17.6. The molecule has 10 heteroatoms. The number of benzene rings is 2. The largest absolute Gasteiger partial charge is 0.497 e. The van der Waals surface area contributed by atoms with Gasteiger partial charge in [-0.15, -0.1) is 0 Å². The summed E-state index contributed by atoms with van der Waals surface area (Å²) in [6, 6.07) is 11.9. The zero-order chi connectivity index (χ0) is 23.3. The number of rotatable bonds is 9. The molecular formula is C22H21ClN2O7. The van der Waals surface area contributed by atoms with Crippen molar-refractivity contribution < 1.29 is 28.3 Å². The summed E-state index contributed by atoms with van der Waals surface area (Å²) in [5.41, 5.74) is 0.599. The van der Waals surface area contributed by atoms with Crippen molar-refractivity contribution >= 4 is 23.2 Å². The first kappa shape index (κ1) is 23.0. The second-order valence-corrected chi connectivity index (χ2v) is 7.14. The smallest absolute Gasteiger partial charge is 0.287 e. The Hall–Kier alpha value is -3.72. The molecule has 1 unspecified atom stereocenters. The van der Waals surface area contributed by atoms with Gasteiger partial charge in [0.2, 0.25) is 0 Å². The van der Waals surface area contributed by atoms with E-state index in [1.807, 2.05) is 6.92 Å². The lowest BCUT2D eigenvalue weighted by atomic mass is 10.1. The number of nitro benzene ring substituents is 1. The SMILES string of the molecule is COc1ccc(OC)c(C(C)NC(=O)c2ccc(COc3cc([N+](=O)[O-])ccc3Cl)o2)c1. The van der Waals surface area contributed by atoms with Crippen molar-refractivity contribution in [1.82, 2.24) is 5.32 Å². The summed E-state index contributed by atoms with van der Waals surface area (Å²) in [5, 5.41) is 14.0. The fraction of sp³-hybridized carbons (Fsp3) is 0.227. The predicted octanol–water partition coefficient (Wildman–Crippen LogP) is 4.93. The summed E-state index contributed by atoms with van der Waals surface area (Å²) >= 11 is 6.02. The van der Waals surface area contributed by atoms with Gasteiger partial charge in [-0.1, -0.05) is 11.6 Å². The van der Waals surface area contributed by atoms with Crippen LogP contribution in [-0.4, -0.2) is 25.1 Å². The average Bonchev–Trinajstić information content (AvgIpc) is 3.27. The molecule has 1 heterocycles. The maximum Gasteiger partial charge on any atom is 0.287 e. The predicted molar refractivity (Wildman–Crippen MR) is 117 cm³/mol. The van der Waals surface area contributed by atoms with E-state index in [4.69, 9.17) is 30.2 Å². The van der Waals surface area contributed by atoms with Crippen molar-refractivity contribution in [2.45, 2.75) is 19.6 Å². The lowest BCUT2D eigenvalue weighted by molar-refractivity contribution is -0.384. The van der Waals surface area contributed by atoms with Gasteiger partial charge in [-0.3, -0.25) is 14.9 Å². The van der Waals surface area contributed by atoms with Crippen molar-refractivity contribution in [1.29, 1.82) is 0 Å². The number of hydrogen-bond donors (Lipinski definition) is 1. The number of carbonyl (C=O) groups excluding carboxylic acids is 1. The van der Waals surface area contributed by atoms with Gasteiger partial charge in [0.1, 0.15) is 29.6 Å². The van der Waals surface area contributed by atoms with Gasteiger partial charge < -0.3 is 23.9 Å². The summed E-state index contributed by atoms with van der Waals surface area (Å²) < 4.78 is 21.7. The molecule has 0 aliphatic rings. The van der Waals surface area contributed by atoms with E-state index in [-0.39, 0.29) is 34.9 Å². The molecule has 0 saturated carbocycles. The van der Waals surface area contributed by atoms with E-state index in [1.54, 1.807) is 38.5 Å². The minimum Gasteiger partial charge on any atom is -0.497 e. The Kier molecular flexibility index (Phi) is 7.21. The molecule has 1 N–H and O–H groups in total. The molecule has 0 saturated heterocycles. The molecule has 0 spiro atoms. The average molecular weight is 461 g/mol. The van der Waals surface area contributed by atoms with Crippen molar-refractivity contribution in [3.63, 3.8) is 0 Å². The molecule has 0 aliphatic carbocycles. The number of nitrogens with zero attached hydrogens (tertiary/aromatic N) is 1. The van der Waals surface area contributed by atoms with Crippen LogP contribution in [0.15, 0.2) is 52.9 Å². The summed E-state index contributed by atoms with van der Waals surface area (Å²) in [7, 11) is 3.11. The van der Waals surface area contributed by atoms with Crippen molar-refractivity contribution in [2.75, 3.05) is 14.2 Å². The molecule has 3 rings (SSSR count). The zero-order valence-corrected chi connectivity index (χ0v) is 18.3. The molecular weight excluding hydrogens is 440 g/mol. The molecule has 0 aliphatic heterocycles. The van der Waals surface area contributed by atoms with E-state index < -0.39 is 10.8 Å². The van der Waals surface area contributed by atoms with Crippen molar-refractivity contribution in [3.05, 3.63) is 80.8 Å². The van der Waals surface area contributed by atoms with E-state index >= 15 is 0 Å². The van der Waals surface area contributed by atoms with Crippen LogP contribution >= 0.6 is 11.6 Å². The van der Waals surface area contributed by atoms with Crippen molar-refractivity contribution in [2.24, 2.45) is 0 Å². The lowest BCUT2D eigenvalue weighted by Gasteiger charge is -2.17. The standard InChI is InChI=1S/C22H21ClN2O7/c1-13(17-11-15(29-2)5-8-19(17)30-3)24-22(26)20-9-6-16(32-20)12-31-21-10-14(25(27)28)4-7-18(21)23/h4-11,13H,12H2,1-3H3,(H,24,26). The number of methoxy groups -OCH3 is 2. The van der Waals surface area contributed by atoms with Crippen LogP contribution in [0, 0.1) is 10.1 Å². The Labute approximate surface area is 189 Å². The minimum absolute atomic E-state index is 0.0621. The minimum atomic E-state index is -0.545. The van der Waals surface area contributed by atoms with Gasteiger partial charge in [0.25, 0.3) is 11.6 Å². The van der Waals surface area contributed by atoms with Crippen LogP contribution in [0.3, 0.4) is 0 Å². The van der Waals surface area contributed by atoms with Gasteiger partial charge in [-0.25, -0.2) is 0 Å². The number of non-ortho nitro benzene ring substituents is 1. The van der Waals surface area contributed by atoms with Crippen LogP contribution in [0.4, 0.5) is 5.69 Å².